The molecule has 1 unspecified atom stereocenters. The molecule has 0 aliphatic heterocycles. The highest BCUT2D eigenvalue weighted by Crippen LogP contribution is 2.27. The van der Waals surface area contributed by atoms with Crippen molar-refractivity contribution < 1.29 is 0 Å². The molecule has 3 heterocycles. The lowest BCUT2D eigenvalue weighted by Gasteiger charge is -2.17. The number of thiophene rings is 1. The number of hydrogen-bond acceptors (Lipinski definition) is 4. The predicted molar refractivity (Wildman–Crippen MR) is 89.7 cm³/mol. The maximum absolute atomic E-state index is 4.43. The highest BCUT2D eigenvalue weighted by molar-refractivity contribution is 9.10. The molecule has 4 nitrogen and oxygen atoms in total. The summed E-state index contributed by atoms with van der Waals surface area (Å²) in [7, 11) is 0. The van der Waals surface area contributed by atoms with E-state index >= 15 is 0 Å². The number of rotatable bonds is 6. The van der Waals surface area contributed by atoms with Gasteiger partial charge in [0.1, 0.15) is 0 Å². The smallest absolute Gasteiger partial charge is 0.0892 e. The molecule has 0 aliphatic carbocycles. The van der Waals surface area contributed by atoms with Gasteiger partial charge < -0.3 is 5.32 Å². The summed E-state index contributed by atoms with van der Waals surface area (Å²) >= 11 is 5.31. The second kappa shape index (κ2) is 6.68. The van der Waals surface area contributed by atoms with Crippen LogP contribution in [0.2, 0.25) is 0 Å². The SMILES string of the molecule is CCCNC(Cc1cc(Br)cs1)c1cnn2ccncc12. The van der Waals surface area contributed by atoms with Crippen LogP contribution in [0.4, 0.5) is 0 Å². The largest absolute Gasteiger partial charge is 0.310 e. The molecule has 0 amide bonds. The minimum absolute atomic E-state index is 0.261. The lowest BCUT2D eigenvalue weighted by Crippen LogP contribution is -2.23. The molecule has 3 aromatic heterocycles. The maximum atomic E-state index is 4.43. The molecule has 3 rings (SSSR count). The first-order valence-electron chi connectivity index (χ1n) is 7.01. The molecule has 3 aromatic rings. The van der Waals surface area contributed by atoms with E-state index in [9.17, 15) is 0 Å². The van der Waals surface area contributed by atoms with Crippen LogP contribution in [0.25, 0.3) is 5.52 Å². The van der Waals surface area contributed by atoms with Crippen LogP contribution in [0, 0.1) is 0 Å². The second-order valence-electron chi connectivity index (χ2n) is 4.95. The third-order valence-electron chi connectivity index (χ3n) is 3.40. The van der Waals surface area contributed by atoms with Crippen molar-refractivity contribution in [2.45, 2.75) is 25.8 Å². The molecule has 6 heteroatoms. The molecular formula is C15H17BrN4S. The van der Waals surface area contributed by atoms with Gasteiger partial charge in [-0.05, 0) is 35.0 Å². The van der Waals surface area contributed by atoms with E-state index in [0.717, 1.165) is 29.4 Å². The number of aromatic nitrogens is 3. The standard InChI is InChI=1S/C15H17BrN4S/c1-2-3-18-14(7-12-6-11(16)10-21-12)13-8-19-20-5-4-17-9-15(13)20/h4-6,8-10,14,18H,2-3,7H2,1H3. The van der Waals surface area contributed by atoms with Gasteiger partial charge in [-0.3, -0.25) is 4.98 Å². The average Bonchev–Trinajstić information content (AvgIpc) is 3.09. The van der Waals surface area contributed by atoms with Crippen LogP contribution < -0.4 is 5.32 Å². The van der Waals surface area contributed by atoms with Gasteiger partial charge in [-0.1, -0.05) is 6.92 Å². The minimum Gasteiger partial charge on any atom is -0.310 e. The number of nitrogens with one attached hydrogen (secondary N) is 1. The van der Waals surface area contributed by atoms with Crippen LogP contribution in [0.1, 0.15) is 29.8 Å². The van der Waals surface area contributed by atoms with Crippen molar-refractivity contribution in [2.75, 3.05) is 6.54 Å². The summed E-state index contributed by atoms with van der Waals surface area (Å²) in [6, 6.07) is 2.45. The second-order valence-corrected chi connectivity index (χ2v) is 6.86. The predicted octanol–water partition coefficient (Wildman–Crippen LogP) is 3.84. The normalized spacial score (nSPS) is 12.9. The Hall–Kier alpha value is -1.24. The van der Waals surface area contributed by atoms with Crippen molar-refractivity contribution in [3.63, 3.8) is 0 Å². The topological polar surface area (TPSA) is 42.2 Å². The highest BCUT2D eigenvalue weighted by Gasteiger charge is 2.17. The summed E-state index contributed by atoms with van der Waals surface area (Å²) in [6.07, 6.45) is 9.56. The number of hydrogen-bond donors (Lipinski definition) is 1. The zero-order chi connectivity index (χ0) is 14.7. The van der Waals surface area contributed by atoms with Crippen molar-refractivity contribution in [2.24, 2.45) is 0 Å². The summed E-state index contributed by atoms with van der Waals surface area (Å²) in [5.74, 6) is 0. The molecule has 110 valence electrons. The minimum atomic E-state index is 0.261. The van der Waals surface area contributed by atoms with Crippen molar-refractivity contribution in [1.29, 1.82) is 0 Å². The molecule has 0 radical (unpaired) electrons. The lowest BCUT2D eigenvalue weighted by molar-refractivity contribution is 0.535. The number of fused-ring (bicyclic) bond motifs is 1. The molecule has 0 aromatic carbocycles. The van der Waals surface area contributed by atoms with Crippen molar-refractivity contribution in [3.05, 3.63) is 51.1 Å². The molecule has 0 saturated heterocycles. The zero-order valence-corrected chi connectivity index (χ0v) is 14.2. The first-order chi connectivity index (χ1) is 10.3. The van der Waals surface area contributed by atoms with E-state index in [0.29, 0.717) is 0 Å². The molecule has 0 fully saturated rings. The Morgan fingerprint density at radius 1 is 1.43 bits per heavy atom. The van der Waals surface area contributed by atoms with Crippen molar-refractivity contribution >= 4 is 32.8 Å². The summed E-state index contributed by atoms with van der Waals surface area (Å²) < 4.78 is 3.03. The van der Waals surface area contributed by atoms with Gasteiger partial charge in [0.25, 0.3) is 0 Å². The molecule has 0 saturated carbocycles. The fourth-order valence-electron chi connectivity index (χ4n) is 2.39. The van der Waals surface area contributed by atoms with Crippen LogP contribution >= 0.6 is 27.3 Å². The van der Waals surface area contributed by atoms with Crippen LogP contribution in [-0.4, -0.2) is 21.1 Å². The van der Waals surface area contributed by atoms with Crippen LogP contribution in [0.5, 0.6) is 0 Å². The molecule has 1 atom stereocenters. The molecular weight excluding hydrogens is 348 g/mol. The first-order valence-corrected chi connectivity index (χ1v) is 8.68. The highest BCUT2D eigenvalue weighted by atomic mass is 79.9. The summed E-state index contributed by atoms with van der Waals surface area (Å²) in [4.78, 5) is 5.59. The quantitative estimate of drug-likeness (QED) is 0.722. The van der Waals surface area contributed by atoms with Gasteiger partial charge in [-0.15, -0.1) is 11.3 Å². The van der Waals surface area contributed by atoms with Gasteiger partial charge in [0, 0.05) is 45.1 Å². The van der Waals surface area contributed by atoms with E-state index in [-0.39, 0.29) is 6.04 Å². The maximum Gasteiger partial charge on any atom is 0.0892 e. The van der Waals surface area contributed by atoms with E-state index < -0.39 is 0 Å². The van der Waals surface area contributed by atoms with Gasteiger partial charge in [-0.2, -0.15) is 5.10 Å². The monoisotopic (exact) mass is 364 g/mol. The van der Waals surface area contributed by atoms with E-state index in [4.69, 9.17) is 0 Å². The van der Waals surface area contributed by atoms with Crippen LogP contribution in [0.15, 0.2) is 40.7 Å². The summed E-state index contributed by atoms with van der Waals surface area (Å²) in [5.41, 5.74) is 2.28. The molecule has 1 N–H and O–H groups in total. The van der Waals surface area contributed by atoms with Gasteiger partial charge in [0.2, 0.25) is 0 Å². The number of halogens is 1. The van der Waals surface area contributed by atoms with E-state index in [2.05, 4.69) is 49.7 Å². The van der Waals surface area contributed by atoms with E-state index in [1.807, 2.05) is 23.1 Å². The fraction of sp³-hybridized carbons (Fsp3) is 0.333. The lowest BCUT2D eigenvalue weighted by atomic mass is 10.0. The summed E-state index contributed by atoms with van der Waals surface area (Å²) in [5, 5.41) is 10.2. The molecule has 0 bridgehead atoms. The average molecular weight is 365 g/mol. The van der Waals surface area contributed by atoms with E-state index in [1.165, 1.54) is 10.4 Å². The van der Waals surface area contributed by atoms with Crippen molar-refractivity contribution in [1.82, 2.24) is 19.9 Å². The number of nitrogens with zero attached hydrogens (tertiary/aromatic N) is 3. The zero-order valence-electron chi connectivity index (χ0n) is 11.8. The Balaban J connectivity index is 1.91. The third kappa shape index (κ3) is 3.33. The van der Waals surface area contributed by atoms with Gasteiger partial charge in [0.15, 0.2) is 0 Å². The van der Waals surface area contributed by atoms with Crippen LogP contribution in [-0.2, 0) is 6.42 Å². The third-order valence-corrected chi connectivity index (χ3v) is 5.12. The van der Waals surface area contributed by atoms with Crippen LogP contribution in [0.3, 0.4) is 0 Å². The molecule has 0 spiro atoms. The molecule has 0 aliphatic rings. The fourth-order valence-corrected chi connectivity index (χ4v) is 3.89. The van der Waals surface area contributed by atoms with Gasteiger partial charge in [0.05, 0.1) is 17.9 Å². The Bertz CT molecular complexity index is 721. The van der Waals surface area contributed by atoms with E-state index in [1.54, 1.807) is 17.5 Å². The summed E-state index contributed by atoms with van der Waals surface area (Å²) in [6.45, 7) is 3.18. The first kappa shape index (κ1) is 14.7. The Kier molecular flexibility index (Phi) is 4.67. The Morgan fingerprint density at radius 2 is 2.33 bits per heavy atom. The Labute approximate surface area is 136 Å². The van der Waals surface area contributed by atoms with Gasteiger partial charge in [-0.25, -0.2) is 4.52 Å². The van der Waals surface area contributed by atoms with Gasteiger partial charge >= 0.3 is 0 Å². The van der Waals surface area contributed by atoms with Crippen molar-refractivity contribution in [3.8, 4) is 0 Å². The Morgan fingerprint density at radius 3 is 3.10 bits per heavy atom. The molecule has 21 heavy (non-hydrogen) atoms.